The molecule has 0 fully saturated rings. The molecule has 2 heterocycles. The van der Waals surface area contributed by atoms with E-state index in [4.69, 9.17) is 0 Å². The monoisotopic (exact) mass is 452 g/mol. The summed E-state index contributed by atoms with van der Waals surface area (Å²) in [5, 5.41) is 8.42. The third-order valence-electron chi connectivity index (χ3n) is 6.03. The average Bonchev–Trinajstić information content (AvgIpc) is 3.50. The normalized spacial score (nSPS) is 11.1. The second-order valence-electron chi connectivity index (χ2n) is 8.28. The molecule has 0 saturated carbocycles. The van der Waals surface area contributed by atoms with Gasteiger partial charge in [-0.25, -0.2) is 4.39 Å². The van der Waals surface area contributed by atoms with Gasteiger partial charge < -0.3 is 10.3 Å². The van der Waals surface area contributed by atoms with Crippen LogP contribution in [-0.2, 0) is 24.3 Å². The first-order chi connectivity index (χ1) is 16.7. The molecule has 0 atom stereocenters. The van der Waals surface area contributed by atoms with Crippen molar-refractivity contribution in [3.05, 3.63) is 114 Å². The van der Waals surface area contributed by atoms with Gasteiger partial charge in [-0.15, -0.1) is 0 Å². The standard InChI is InChI=1S/C28H25FN4O/c29-23-12-10-20(11-13-23)28-25(24-8-3-4-9-26(24)32-28)14-15-27(34)30-18-21-6-1-2-7-22(21)19-33-17-5-16-31-33/h1-13,16-17,32H,14-15,18-19H2,(H,30,34). The third kappa shape index (κ3) is 4.76. The molecule has 0 unspecified atom stereocenters. The molecule has 5 rings (SSSR count). The predicted octanol–water partition coefficient (Wildman–Crippen LogP) is 5.47. The fourth-order valence-electron chi connectivity index (χ4n) is 4.30. The molecule has 0 spiro atoms. The first-order valence-corrected chi connectivity index (χ1v) is 11.3. The fraction of sp³-hybridized carbons (Fsp3) is 0.143. The molecule has 6 heteroatoms. The molecule has 0 aliphatic rings. The van der Waals surface area contributed by atoms with Crippen molar-refractivity contribution in [3.8, 4) is 11.3 Å². The van der Waals surface area contributed by atoms with Crippen molar-refractivity contribution in [2.75, 3.05) is 0 Å². The minimum absolute atomic E-state index is 0.00997. The molecule has 0 radical (unpaired) electrons. The zero-order valence-corrected chi connectivity index (χ0v) is 18.7. The van der Waals surface area contributed by atoms with Crippen LogP contribution in [0.25, 0.3) is 22.2 Å². The van der Waals surface area contributed by atoms with Gasteiger partial charge in [-0.3, -0.25) is 9.48 Å². The molecule has 0 bridgehead atoms. The summed E-state index contributed by atoms with van der Waals surface area (Å²) in [7, 11) is 0. The number of amides is 1. The number of rotatable bonds is 8. The summed E-state index contributed by atoms with van der Waals surface area (Å²) in [6.45, 7) is 1.13. The highest BCUT2D eigenvalue weighted by molar-refractivity contribution is 5.91. The number of hydrogen-bond donors (Lipinski definition) is 2. The van der Waals surface area contributed by atoms with Crippen LogP contribution in [0.1, 0.15) is 23.1 Å². The Hall–Kier alpha value is -4.19. The van der Waals surface area contributed by atoms with E-state index >= 15 is 0 Å². The summed E-state index contributed by atoms with van der Waals surface area (Å²) in [6, 6.07) is 24.4. The minimum atomic E-state index is -0.270. The highest BCUT2D eigenvalue weighted by Crippen LogP contribution is 2.31. The van der Waals surface area contributed by atoms with E-state index in [9.17, 15) is 9.18 Å². The molecule has 5 nitrogen and oxygen atoms in total. The van der Waals surface area contributed by atoms with Crippen molar-refractivity contribution in [3.63, 3.8) is 0 Å². The number of halogens is 1. The number of aromatic nitrogens is 3. The number of nitrogens with zero attached hydrogens (tertiary/aromatic N) is 2. The molecule has 2 aromatic heterocycles. The summed E-state index contributed by atoms with van der Waals surface area (Å²) in [5.74, 6) is -0.280. The van der Waals surface area contributed by atoms with Gasteiger partial charge in [-0.05, 0) is 65.1 Å². The largest absolute Gasteiger partial charge is 0.354 e. The van der Waals surface area contributed by atoms with Gasteiger partial charge >= 0.3 is 0 Å². The maximum Gasteiger partial charge on any atom is 0.220 e. The second kappa shape index (κ2) is 9.75. The number of hydrogen-bond acceptors (Lipinski definition) is 2. The lowest BCUT2D eigenvalue weighted by atomic mass is 10.0. The van der Waals surface area contributed by atoms with Gasteiger partial charge in [0.15, 0.2) is 0 Å². The van der Waals surface area contributed by atoms with E-state index < -0.39 is 0 Å². The van der Waals surface area contributed by atoms with E-state index in [2.05, 4.69) is 27.5 Å². The number of carbonyl (C=O) groups is 1. The Morgan fingerprint density at radius 3 is 2.50 bits per heavy atom. The van der Waals surface area contributed by atoms with Crippen LogP contribution >= 0.6 is 0 Å². The molecule has 2 N–H and O–H groups in total. The smallest absolute Gasteiger partial charge is 0.220 e. The molecule has 170 valence electrons. The van der Waals surface area contributed by atoms with Crippen LogP contribution in [-0.4, -0.2) is 20.7 Å². The van der Waals surface area contributed by atoms with E-state index in [0.29, 0.717) is 25.9 Å². The van der Waals surface area contributed by atoms with Gasteiger partial charge in [0.25, 0.3) is 0 Å². The Morgan fingerprint density at radius 1 is 0.941 bits per heavy atom. The third-order valence-corrected chi connectivity index (χ3v) is 6.03. The van der Waals surface area contributed by atoms with Gasteiger partial charge in [0, 0.05) is 42.0 Å². The molecular formula is C28H25FN4O. The molecule has 5 aromatic rings. The van der Waals surface area contributed by atoms with Crippen LogP contribution in [0, 0.1) is 5.82 Å². The van der Waals surface area contributed by atoms with E-state index in [-0.39, 0.29) is 11.7 Å². The number of aryl methyl sites for hydroxylation is 1. The predicted molar refractivity (Wildman–Crippen MR) is 132 cm³/mol. The summed E-state index contributed by atoms with van der Waals surface area (Å²) >= 11 is 0. The average molecular weight is 453 g/mol. The molecule has 0 saturated heterocycles. The van der Waals surface area contributed by atoms with Crippen molar-refractivity contribution >= 4 is 16.8 Å². The maximum atomic E-state index is 13.5. The van der Waals surface area contributed by atoms with Crippen molar-refractivity contribution in [2.24, 2.45) is 0 Å². The molecule has 34 heavy (non-hydrogen) atoms. The van der Waals surface area contributed by atoms with E-state index in [0.717, 1.165) is 38.9 Å². The molecule has 3 aromatic carbocycles. The fourth-order valence-corrected chi connectivity index (χ4v) is 4.30. The van der Waals surface area contributed by atoms with Crippen molar-refractivity contribution in [2.45, 2.75) is 25.9 Å². The van der Waals surface area contributed by atoms with Crippen LogP contribution in [0.2, 0.25) is 0 Å². The quantitative estimate of drug-likeness (QED) is 0.328. The molecular weight excluding hydrogens is 427 g/mol. The lowest BCUT2D eigenvalue weighted by Crippen LogP contribution is -2.24. The van der Waals surface area contributed by atoms with Gasteiger partial charge in [0.2, 0.25) is 5.91 Å². The first kappa shape index (κ1) is 21.6. The highest BCUT2D eigenvalue weighted by atomic mass is 19.1. The van der Waals surface area contributed by atoms with Gasteiger partial charge in [-0.2, -0.15) is 5.10 Å². The molecule has 0 aliphatic heterocycles. The number of benzene rings is 3. The maximum absolute atomic E-state index is 13.5. The van der Waals surface area contributed by atoms with Crippen molar-refractivity contribution in [1.82, 2.24) is 20.1 Å². The lowest BCUT2D eigenvalue weighted by Gasteiger charge is -2.11. The van der Waals surface area contributed by atoms with Crippen LogP contribution in [0.3, 0.4) is 0 Å². The van der Waals surface area contributed by atoms with Crippen molar-refractivity contribution in [1.29, 1.82) is 0 Å². The van der Waals surface area contributed by atoms with Crippen LogP contribution < -0.4 is 5.32 Å². The Balaban J connectivity index is 1.29. The summed E-state index contributed by atoms with van der Waals surface area (Å²) in [5.41, 5.74) is 6.10. The molecule has 1 amide bonds. The zero-order valence-electron chi connectivity index (χ0n) is 18.7. The van der Waals surface area contributed by atoms with Crippen LogP contribution in [0.5, 0.6) is 0 Å². The summed E-state index contributed by atoms with van der Waals surface area (Å²) in [4.78, 5) is 16.2. The topological polar surface area (TPSA) is 62.7 Å². The summed E-state index contributed by atoms with van der Waals surface area (Å²) < 4.78 is 15.3. The Kier molecular flexibility index (Phi) is 6.21. The van der Waals surface area contributed by atoms with E-state index in [1.807, 2.05) is 53.3 Å². The number of fused-ring (bicyclic) bond motifs is 1. The highest BCUT2D eigenvalue weighted by Gasteiger charge is 2.15. The number of H-pyrrole nitrogens is 1. The summed E-state index contributed by atoms with van der Waals surface area (Å²) in [6.07, 6.45) is 4.62. The number of aromatic amines is 1. The second-order valence-corrected chi connectivity index (χ2v) is 8.28. The van der Waals surface area contributed by atoms with Crippen molar-refractivity contribution < 1.29 is 9.18 Å². The SMILES string of the molecule is O=C(CCc1c(-c2ccc(F)cc2)[nH]c2ccccc12)NCc1ccccc1Cn1cccn1. The Bertz CT molecular complexity index is 1400. The van der Waals surface area contributed by atoms with Crippen LogP contribution in [0.4, 0.5) is 4.39 Å². The van der Waals surface area contributed by atoms with Crippen LogP contribution in [0.15, 0.2) is 91.3 Å². The van der Waals surface area contributed by atoms with Gasteiger partial charge in [0.1, 0.15) is 5.82 Å². The van der Waals surface area contributed by atoms with Gasteiger partial charge in [-0.1, -0.05) is 42.5 Å². The minimum Gasteiger partial charge on any atom is -0.354 e. The zero-order chi connectivity index (χ0) is 23.3. The number of nitrogens with one attached hydrogen (secondary N) is 2. The van der Waals surface area contributed by atoms with Gasteiger partial charge in [0.05, 0.1) is 6.54 Å². The number of carbonyl (C=O) groups excluding carboxylic acids is 1. The molecule has 0 aliphatic carbocycles. The Labute approximate surface area is 197 Å². The lowest BCUT2D eigenvalue weighted by molar-refractivity contribution is -0.121. The van der Waals surface area contributed by atoms with E-state index in [1.165, 1.54) is 12.1 Å². The van der Waals surface area contributed by atoms with E-state index in [1.54, 1.807) is 18.3 Å². The Morgan fingerprint density at radius 2 is 1.71 bits per heavy atom. The number of para-hydroxylation sites is 1. The first-order valence-electron chi connectivity index (χ1n) is 11.3.